The van der Waals surface area contributed by atoms with Gasteiger partial charge in [0, 0.05) is 30.4 Å². The Morgan fingerprint density at radius 1 is 1.45 bits per heavy atom. The largest absolute Gasteiger partial charge is 0.384 e. The molecule has 110 valence electrons. The quantitative estimate of drug-likeness (QED) is 0.886. The zero-order chi connectivity index (χ0) is 14.7. The fourth-order valence-electron chi connectivity index (χ4n) is 2.76. The highest BCUT2D eigenvalue weighted by molar-refractivity contribution is 5.95. The normalized spacial score (nSPS) is 20.8. The highest BCUT2D eigenvalue weighted by atomic mass is 16.2. The SMILES string of the molecule is CCc1cc(C(=O)N2CCCN(C)CC2C)cc(N)n1. The summed E-state index contributed by atoms with van der Waals surface area (Å²) in [5, 5.41) is 0. The summed E-state index contributed by atoms with van der Waals surface area (Å²) >= 11 is 0. The van der Waals surface area contributed by atoms with E-state index in [0.717, 1.165) is 38.2 Å². The van der Waals surface area contributed by atoms with E-state index in [1.165, 1.54) is 0 Å². The standard InChI is InChI=1S/C15H24N4O/c1-4-13-8-12(9-14(16)17-13)15(20)19-7-5-6-18(3)10-11(19)2/h8-9,11H,4-7,10H2,1-3H3,(H2,16,17). The maximum atomic E-state index is 12.7. The number of amides is 1. The zero-order valence-corrected chi connectivity index (χ0v) is 12.6. The van der Waals surface area contributed by atoms with Gasteiger partial charge in [0.2, 0.25) is 0 Å². The van der Waals surface area contributed by atoms with Gasteiger partial charge in [0.05, 0.1) is 0 Å². The van der Waals surface area contributed by atoms with Gasteiger partial charge in [-0.1, -0.05) is 6.92 Å². The molecule has 0 bridgehead atoms. The number of carbonyl (C=O) groups excluding carboxylic acids is 1. The molecule has 5 heteroatoms. The third-order valence-electron chi connectivity index (χ3n) is 3.82. The monoisotopic (exact) mass is 276 g/mol. The number of likely N-dealkylation sites (N-methyl/N-ethyl adjacent to an activating group) is 1. The van der Waals surface area contributed by atoms with Gasteiger partial charge in [0.1, 0.15) is 5.82 Å². The van der Waals surface area contributed by atoms with Gasteiger partial charge >= 0.3 is 0 Å². The van der Waals surface area contributed by atoms with E-state index in [2.05, 4.69) is 23.9 Å². The number of aromatic nitrogens is 1. The smallest absolute Gasteiger partial charge is 0.254 e. The maximum absolute atomic E-state index is 12.7. The lowest BCUT2D eigenvalue weighted by Crippen LogP contribution is -2.42. The van der Waals surface area contributed by atoms with Crippen molar-refractivity contribution >= 4 is 11.7 Å². The average Bonchev–Trinajstić information content (AvgIpc) is 2.57. The molecular formula is C15H24N4O. The second kappa shape index (κ2) is 6.22. The first kappa shape index (κ1) is 14.8. The van der Waals surface area contributed by atoms with Crippen molar-refractivity contribution in [3.05, 3.63) is 23.4 Å². The lowest BCUT2D eigenvalue weighted by atomic mass is 10.1. The van der Waals surface area contributed by atoms with Crippen molar-refractivity contribution in [1.29, 1.82) is 0 Å². The van der Waals surface area contributed by atoms with Crippen molar-refractivity contribution in [3.8, 4) is 0 Å². The number of hydrogen-bond acceptors (Lipinski definition) is 4. The predicted octanol–water partition coefficient (Wildman–Crippen LogP) is 1.39. The summed E-state index contributed by atoms with van der Waals surface area (Å²) in [4.78, 5) is 21.2. The number of anilines is 1. The van der Waals surface area contributed by atoms with Gasteiger partial charge in [-0.25, -0.2) is 4.98 Å². The summed E-state index contributed by atoms with van der Waals surface area (Å²) in [5.74, 6) is 0.490. The third-order valence-corrected chi connectivity index (χ3v) is 3.82. The van der Waals surface area contributed by atoms with E-state index in [9.17, 15) is 4.79 Å². The van der Waals surface area contributed by atoms with E-state index >= 15 is 0 Å². The summed E-state index contributed by atoms with van der Waals surface area (Å²) in [5.41, 5.74) is 7.33. The van der Waals surface area contributed by atoms with Gasteiger partial charge in [-0.3, -0.25) is 4.79 Å². The van der Waals surface area contributed by atoms with Crippen LogP contribution in [0.2, 0.25) is 0 Å². The molecule has 1 atom stereocenters. The first-order chi connectivity index (χ1) is 9.51. The lowest BCUT2D eigenvalue weighted by Gasteiger charge is -2.28. The van der Waals surface area contributed by atoms with E-state index in [0.29, 0.717) is 11.4 Å². The fraction of sp³-hybridized carbons (Fsp3) is 0.600. The number of pyridine rings is 1. The second-order valence-corrected chi connectivity index (χ2v) is 5.59. The van der Waals surface area contributed by atoms with E-state index in [1.807, 2.05) is 17.9 Å². The van der Waals surface area contributed by atoms with E-state index in [4.69, 9.17) is 5.73 Å². The number of aryl methyl sites for hydroxylation is 1. The number of nitrogens with two attached hydrogens (primary N) is 1. The van der Waals surface area contributed by atoms with Crippen LogP contribution in [0.15, 0.2) is 12.1 Å². The molecule has 1 amide bonds. The molecular weight excluding hydrogens is 252 g/mol. The van der Waals surface area contributed by atoms with Crippen LogP contribution in [0.3, 0.4) is 0 Å². The number of hydrogen-bond donors (Lipinski definition) is 1. The molecule has 0 spiro atoms. The Bertz CT molecular complexity index is 489. The van der Waals surface area contributed by atoms with Crippen molar-refractivity contribution in [1.82, 2.24) is 14.8 Å². The molecule has 0 aliphatic carbocycles. The molecule has 2 rings (SSSR count). The second-order valence-electron chi connectivity index (χ2n) is 5.59. The summed E-state index contributed by atoms with van der Waals surface area (Å²) in [7, 11) is 2.10. The minimum atomic E-state index is 0.0663. The fourth-order valence-corrected chi connectivity index (χ4v) is 2.76. The van der Waals surface area contributed by atoms with Crippen molar-refractivity contribution < 1.29 is 4.79 Å². The van der Waals surface area contributed by atoms with Crippen LogP contribution >= 0.6 is 0 Å². The molecule has 0 radical (unpaired) electrons. The van der Waals surface area contributed by atoms with Crippen LogP contribution in [0.5, 0.6) is 0 Å². The summed E-state index contributed by atoms with van der Waals surface area (Å²) in [6.45, 7) is 6.86. The molecule has 1 unspecified atom stereocenters. The minimum absolute atomic E-state index is 0.0663. The topological polar surface area (TPSA) is 62.5 Å². The van der Waals surface area contributed by atoms with Gasteiger partial charge < -0.3 is 15.5 Å². The Kier molecular flexibility index (Phi) is 4.60. The van der Waals surface area contributed by atoms with E-state index in [1.54, 1.807) is 6.07 Å². The Labute approximate surface area is 120 Å². The molecule has 2 N–H and O–H groups in total. The first-order valence-corrected chi connectivity index (χ1v) is 7.27. The molecule has 5 nitrogen and oxygen atoms in total. The van der Waals surface area contributed by atoms with Crippen LogP contribution < -0.4 is 5.73 Å². The highest BCUT2D eigenvalue weighted by Crippen LogP contribution is 2.16. The highest BCUT2D eigenvalue weighted by Gasteiger charge is 2.25. The summed E-state index contributed by atoms with van der Waals surface area (Å²) in [6.07, 6.45) is 1.79. The minimum Gasteiger partial charge on any atom is -0.384 e. The molecule has 0 saturated carbocycles. The van der Waals surface area contributed by atoms with Gasteiger partial charge in [-0.2, -0.15) is 0 Å². The molecule has 1 aliphatic heterocycles. The molecule has 2 heterocycles. The predicted molar refractivity (Wildman–Crippen MR) is 80.6 cm³/mol. The Hall–Kier alpha value is -1.62. The number of rotatable bonds is 2. The van der Waals surface area contributed by atoms with Crippen LogP contribution in [0.4, 0.5) is 5.82 Å². The zero-order valence-electron chi connectivity index (χ0n) is 12.6. The Morgan fingerprint density at radius 3 is 2.90 bits per heavy atom. The Balaban J connectivity index is 2.23. The van der Waals surface area contributed by atoms with Gasteiger partial charge in [0.15, 0.2) is 0 Å². The van der Waals surface area contributed by atoms with E-state index in [-0.39, 0.29) is 11.9 Å². The van der Waals surface area contributed by atoms with Crippen LogP contribution in [0.1, 0.15) is 36.3 Å². The van der Waals surface area contributed by atoms with Crippen molar-refractivity contribution in [3.63, 3.8) is 0 Å². The van der Waals surface area contributed by atoms with Crippen LogP contribution in [-0.2, 0) is 6.42 Å². The first-order valence-electron chi connectivity index (χ1n) is 7.27. The van der Waals surface area contributed by atoms with Crippen LogP contribution in [0.25, 0.3) is 0 Å². The number of carbonyl (C=O) groups is 1. The molecule has 1 aliphatic rings. The lowest BCUT2D eigenvalue weighted by molar-refractivity contribution is 0.0696. The number of nitrogen functional groups attached to an aromatic ring is 1. The van der Waals surface area contributed by atoms with Crippen LogP contribution in [0, 0.1) is 0 Å². The summed E-state index contributed by atoms with van der Waals surface area (Å²) in [6, 6.07) is 3.76. The van der Waals surface area contributed by atoms with Crippen LogP contribution in [-0.4, -0.2) is 53.4 Å². The van der Waals surface area contributed by atoms with Crippen molar-refractivity contribution in [2.75, 3.05) is 32.4 Å². The molecule has 1 fully saturated rings. The summed E-state index contributed by atoms with van der Waals surface area (Å²) < 4.78 is 0. The molecule has 1 aromatic rings. The average molecular weight is 276 g/mol. The Morgan fingerprint density at radius 2 is 2.20 bits per heavy atom. The number of nitrogens with zero attached hydrogens (tertiary/aromatic N) is 3. The molecule has 1 saturated heterocycles. The van der Waals surface area contributed by atoms with Gasteiger partial charge in [0.25, 0.3) is 5.91 Å². The third kappa shape index (κ3) is 3.28. The molecule has 0 aromatic carbocycles. The van der Waals surface area contributed by atoms with E-state index < -0.39 is 0 Å². The van der Waals surface area contributed by atoms with Crippen molar-refractivity contribution in [2.24, 2.45) is 0 Å². The molecule has 20 heavy (non-hydrogen) atoms. The maximum Gasteiger partial charge on any atom is 0.254 e. The molecule has 1 aromatic heterocycles. The van der Waals surface area contributed by atoms with Gasteiger partial charge in [-0.15, -0.1) is 0 Å². The van der Waals surface area contributed by atoms with Crippen molar-refractivity contribution in [2.45, 2.75) is 32.7 Å². The van der Waals surface area contributed by atoms with Gasteiger partial charge in [-0.05, 0) is 45.5 Å².